The Kier molecular flexibility index (Phi) is 10.3. The number of halogens is 3. The molecule has 1 N–H and O–H groups in total. The molecule has 1 aliphatic heterocycles. The van der Waals surface area contributed by atoms with Gasteiger partial charge in [-0.25, -0.2) is 10.0 Å². The Labute approximate surface area is 260 Å². The molecule has 238 valence electrons. The van der Waals surface area contributed by atoms with E-state index in [2.05, 4.69) is 0 Å². The number of carbonyl (C=O) groups excluding carboxylic acids is 3. The number of hydrogen-bond donors (Lipinski definition) is 1. The minimum Gasteiger partial charge on any atom is -0.489 e. The van der Waals surface area contributed by atoms with E-state index >= 15 is 0 Å². The lowest BCUT2D eigenvalue weighted by molar-refractivity contribution is -0.232. The highest BCUT2D eigenvalue weighted by Gasteiger charge is 2.51. The van der Waals surface area contributed by atoms with E-state index in [9.17, 15) is 32.7 Å². The fourth-order valence-corrected chi connectivity index (χ4v) is 5.36. The van der Waals surface area contributed by atoms with Crippen molar-refractivity contribution in [3.05, 3.63) is 108 Å². The summed E-state index contributed by atoms with van der Waals surface area (Å²) in [5, 5.41) is 12.2. The third kappa shape index (κ3) is 7.72. The average Bonchev–Trinajstić information content (AvgIpc) is 3.00. The van der Waals surface area contributed by atoms with Crippen molar-refractivity contribution < 1.29 is 37.4 Å². The third-order valence-corrected chi connectivity index (χ3v) is 7.46. The minimum absolute atomic E-state index is 0.0279. The van der Waals surface area contributed by atoms with E-state index in [0.29, 0.717) is 21.9 Å². The molecule has 1 aliphatic rings. The molecule has 0 aromatic heterocycles. The van der Waals surface area contributed by atoms with Gasteiger partial charge in [0.15, 0.2) is 6.10 Å². The number of hydrazine groups is 1. The normalized spacial score (nSPS) is 16.7. The van der Waals surface area contributed by atoms with Crippen LogP contribution in [-0.2, 0) is 27.4 Å². The Morgan fingerprint density at radius 2 is 1.53 bits per heavy atom. The number of aliphatic hydroxyl groups is 1. The van der Waals surface area contributed by atoms with Crippen molar-refractivity contribution in [3.63, 3.8) is 0 Å². The first-order valence-electron chi connectivity index (χ1n) is 14.5. The van der Waals surface area contributed by atoms with Crippen molar-refractivity contribution in [1.82, 2.24) is 14.9 Å². The lowest BCUT2D eigenvalue weighted by Gasteiger charge is -2.48. The van der Waals surface area contributed by atoms with E-state index in [1.807, 2.05) is 30.3 Å². The Balaban J connectivity index is 1.87. The highest BCUT2D eigenvalue weighted by atomic mass is 19.4. The van der Waals surface area contributed by atoms with Crippen LogP contribution in [0.4, 0.5) is 13.2 Å². The van der Waals surface area contributed by atoms with Crippen LogP contribution in [0.3, 0.4) is 0 Å². The van der Waals surface area contributed by atoms with Crippen molar-refractivity contribution in [2.75, 3.05) is 0 Å². The van der Waals surface area contributed by atoms with Gasteiger partial charge in [0.25, 0.3) is 5.91 Å². The van der Waals surface area contributed by atoms with Crippen LogP contribution < -0.4 is 4.74 Å². The number of benzene rings is 3. The van der Waals surface area contributed by atoms with Gasteiger partial charge in [0.05, 0.1) is 11.7 Å². The van der Waals surface area contributed by atoms with Crippen LogP contribution in [0.25, 0.3) is 5.70 Å². The van der Waals surface area contributed by atoms with Crippen LogP contribution in [0.1, 0.15) is 44.4 Å². The van der Waals surface area contributed by atoms with Crippen LogP contribution >= 0.6 is 0 Å². The molecule has 0 bridgehead atoms. The summed E-state index contributed by atoms with van der Waals surface area (Å²) in [5.41, 5.74) is 1.58. The molecule has 2 unspecified atom stereocenters. The van der Waals surface area contributed by atoms with Crippen LogP contribution in [-0.4, -0.2) is 62.1 Å². The lowest BCUT2D eigenvalue weighted by atomic mass is 9.96. The van der Waals surface area contributed by atoms with Crippen LogP contribution in [0.15, 0.2) is 91.1 Å². The van der Waals surface area contributed by atoms with Crippen molar-refractivity contribution in [2.45, 2.75) is 65.1 Å². The molecule has 3 amide bonds. The monoisotopic (exact) mass is 623 g/mol. The van der Waals surface area contributed by atoms with Gasteiger partial charge in [0, 0.05) is 25.6 Å². The Morgan fingerprint density at radius 1 is 0.933 bits per heavy atom. The molecule has 0 spiro atoms. The first-order chi connectivity index (χ1) is 21.3. The standard InChI is InChI=1S/C34H36F3N3O5/c1-22(2)31-33(44)40(39(24(4)42)29(32(43)34(35,36)37)18-25-12-7-5-8-13-25)30(20-38(31)23(3)41)27-16-11-17-28(19-27)45-21-26-14-9-6-10-15-26/h5-17,19-20,22,29,31-32,43H,18,21H2,1-4H3/t29?,31-,32?/m1/s1. The summed E-state index contributed by atoms with van der Waals surface area (Å²) >= 11 is 0. The predicted octanol–water partition coefficient (Wildman–Crippen LogP) is 5.58. The summed E-state index contributed by atoms with van der Waals surface area (Å²) in [4.78, 5) is 41.7. The number of aliphatic hydroxyl groups excluding tert-OH is 1. The maximum atomic E-state index is 14.3. The molecule has 0 saturated heterocycles. The van der Waals surface area contributed by atoms with Crippen molar-refractivity contribution in [3.8, 4) is 5.75 Å². The van der Waals surface area contributed by atoms with E-state index < -0.39 is 54.4 Å². The van der Waals surface area contributed by atoms with Gasteiger partial charge in [-0.3, -0.25) is 14.4 Å². The number of ether oxygens (including phenoxy) is 1. The van der Waals surface area contributed by atoms with E-state index in [1.165, 1.54) is 18.0 Å². The van der Waals surface area contributed by atoms with Crippen LogP contribution in [0.5, 0.6) is 5.75 Å². The second kappa shape index (κ2) is 14.0. The smallest absolute Gasteiger partial charge is 0.416 e. The number of carbonyl (C=O) groups is 3. The van der Waals surface area contributed by atoms with E-state index in [0.717, 1.165) is 17.5 Å². The molecule has 4 rings (SSSR count). The summed E-state index contributed by atoms with van der Waals surface area (Å²) in [6, 6.07) is 20.9. The zero-order valence-corrected chi connectivity index (χ0v) is 25.4. The molecule has 3 atom stereocenters. The fraction of sp³-hybridized carbons (Fsp3) is 0.324. The minimum atomic E-state index is -5.12. The highest BCUT2D eigenvalue weighted by molar-refractivity contribution is 5.98. The average molecular weight is 624 g/mol. The number of nitrogens with zero attached hydrogens (tertiary/aromatic N) is 3. The van der Waals surface area contributed by atoms with Gasteiger partial charge in [-0.1, -0.05) is 86.6 Å². The Morgan fingerprint density at radius 3 is 2.07 bits per heavy atom. The fourth-order valence-electron chi connectivity index (χ4n) is 5.36. The lowest BCUT2D eigenvalue weighted by Crippen LogP contribution is -2.65. The van der Waals surface area contributed by atoms with Crippen LogP contribution in [0.2, 0.25) is 0 Å². The van der Waals surface area contributed by atoms with Gasteiger partial charge >= 0.3 is 6.18 Å². The summed E-state index contributed by atoms with van der Waals surface area (Å²) in [6.45, 7) is 5.92. The number of rotatable bonds is 10. The summed E-state index contributed by atoms with van der Waals surface area (Å²) in [6.07, 6.45) is -7.18. The van der Waals surface area contributed by atoms with E-state index in [4.69, 9.17) is 4.74 Å². The summed E-state index contributed by atoms with van der Waals surface area (Å²) in [5.74, 6) is -2.27. The first kappa shape index (κ1) is 33.3. The third-order valence-electron chi connectivity index (χ3n) is 7.46. The molecule has 3 aromatic carbocycles. The summed E-state index contributed by atoms with van der Waals surface area (Å²) in [7, 11) is 0. The summed E-state index contributed by atoms with van der Waals surface area (Å²) < 4.78 is 48.5. The van der Waals surface area contributed by atoms with Gasteiger partial charge in [-0.15, -0.1) is 0 Å². The molecule has 45 heavy (non-hydrogen) atoms. The highest BCUT2D eigenvalue weighted by Crippen LogP contribution is 2.36. The van der Waals surface area contributed by atoms with Gasteiger partial charge in [-0.2, -0.15) is 13.2 Å². The van der Waals surface area contributed by atoms with E-state index in [-0.39, 0.29) is 12.3 Å². The second-order valence-electron chi connectivity index (χ2n) is 11.2. The molecule has 0 radical (unpaired) electrons. The Hall–Kier alpha value is -4.64. The molecule has 0 saturated carbocycles. The SMILES string of the molecule is CC(=O)N1C=C(c2cccc(OCc3ccccc3)c2)N(N(C(C)=O)C(Cc2ccccc2)C(O)C(F)(F)F)C(=O)[C@H]1C(C)C. The van der Waals surface area contributed by atoms with Crippen molar-refractivity contribution in [1.29, 1.82) is 0 Å². The molecule has 1 heterocycles. The number of amides is 3. The zero-order valence-electron chi connectivity index (χ0n) is 25.4. The Bertz CT molecular complexity index is 1530. The molecule has 0 aliphatic carbocycles. The number of hydrogen-bond acceptors (Lipinski definition) is 5. The molecular formula is C34H36F3N3O5. The predicted molar refractivity (Wildman–Crippen MR) is 162 cm³/mol. The maximum Gasteiger partial charge on any atom is 0.416 e. The van der Waals surface area contributed by atoms with Gasteiger partial charge in [0.1, 0.15) is 18.4 Å². The van der Waals surface area contributed by atoms with Gasteiger partial charge in [-0.05, 0) is 35.6 Å². The number of alkyl halides is 3. The molecule has 11 heteroatoms. The molecule has 8 nitrogen and oxygen atoms in total. The van der Waals surface area contributed by atoms with Gasteiger partial charge < -0.3 is 14.7 Å². The van der Waals surface area contributed by atoms with E-state index in [1.54, 1.807) is 68.4 Å². The largest absolute Gasteiger partial charge is 0.489 e. The van der Waals surface area contributed by atoms with Crippen molar-refractivity contribution >= 4 is 23.4 Å². The molecular weight excluding hydrogens is 587 g/mol. The second-order valence-corrected chi connectivity index (χ2v) is 11.2. The van der Waals surface area contributed by atoms with Crippen molar-refractivity contribution in [2.24, 2.45) is 5.92 Å². The molecule has 3 aromatic rings. The zero-order chi connectivity index (χ0) is 32.9. The topological polar surface area (TPSA) is 90.4 Å². The van der Waals surface area contributed by atoms with Crippen LogP contribution in [0, 0.1) is 5.92 Å². The maximum absolute atomic E-state index is 14.3. The first-order valence-corrected chi connectivity index (χ1v) is 14.5. The van der Waals surface area contributed by atoms with Gasteiger partial charge in [0.2, 0.25) is 11.8 Å². The molecule has 0 fully saturated rings. The quantitative estimate of drug-likeness (QED) is 0.319.